The van der Waals surface area contributed by atoms with Crippen LogP contribution in [0.5, 0.6) is 0 Å². The van der Waals surface area contributed by atoms with Crippen LogP contribution in [-0.4, -0.2) is 48.0 Å². The zero-order valence-electron chi connectivity index (χ0n) is 24.4. The molecule has 0 saturated heterocycles. The van der Waals surface area contributed by atoms with E-state index in [-0.39, 0.29) is 17.0 Å². The molecule has 2 N–H and O–H groups in total. The van der Waals surface area contributed by atoms with E-state index in [9.17, 15) is 23.1 Å². The van der Waals surface area contributed by atoms with E-state index < -0.39 is 56.5 Å². The summed E-state index contributed by atoms with van der Waals surface area (Å²) >= 11 is 0. The van der Waals surface area contributed by atoms with Gasteiger partial charge >= 0.3 is 11.9 Å². The predicted octanol–water partition coefficient (Wildman–Crippen LogP) is 4.48. The first-order chi connectivity index (χ1) is 18.3. The quantitative estimate of drug-likeness (QED) is 0.385. The second-order valence-corrected chi connectivity index (χ2v) is 14.2. The van der Waals surface area contributed by atoms with Crippen LogP contribution in [0.4, 0.5) is 0 Å². The lowest BCUT2D eigenvalue weighted by atomic mass is 9.61. The molecule has 0 spiro atoms. The fourth-order valence-electron chi connectivity index (χ4n) is 4.84. The minimum atomic E-state index is -4.10. The average Bonchev–Trinajstić information content (AvgIpc) is 2.80. The van der Waals surface area contributed by atoms with Crippen molar-refractivity contribution in [2.75, 3.05) is 0 Å². The van der Waals surface area contributed by atoms with Crippen LogP contribution >= 0.6 is 0 Å². The molecule has 2 aromatic carbocycles. The number of ether oxygens (including phenoxy) is 2. The van der Waals surface area contributed by atoms with Gasteiger partial charge in [0.05, 0.1) is 22.1 Å². The highest BCUT2D eigenvalue weighted by molar-refractivity contribution is 7.89. The summed E-state index contributed by atoms with van der Waals surface area (Å²) in [4.78, 5) is 29.6. The van der Waals surface area contributed by atoms with Crippen LogP contribution in [0.3, 0.4) is 0 Å². The van der Waals surface area contributed by atoms with Gasteiger partial charge in [-0.25, -0.2) is 4.83 Å². The van der Waals surface area contributed by atoms with Gasteiger partial charge in [0.2, 0.25) is 0 Å². The van der Waals surface area contributed by atoms with E-state index in [4.69, 9.17) is 9.47 Å². The van der Waals surface area contributed by atoms with Crippen molar-refractivity contribution in [3.8, 4) is 0 Å². The molecule has 0 amide bonds. The van der Waals surface area contributed by atoms with Crippen molar-refractivity contribution < 1.29 is 32.6 Å². The summed E-state index contributed by atoms with van der Waals surface area (Å²) in [6, 6.07) is 15.0. The predicted molar refractivity (Wildman–Crippen MR) is 152 cm³/mol. The minimum absolute atomic E-state index is 0.00919. The summed E-state index contributed by atoms with van der Waals surface area (Å²) in [5.41, 5.74) is -1.97. The summed E-state index contributed by atoms with van der Waals surface area (Å²) in [5.74, 6) is -4.71. The average molecular weight is 573 g/mol. The van der Waals surface area contributed by atoms with E-state index in [0.717, 1.165) is 5.56 Å². The highest BCUT2D eigenvalue weighted by atomic mass is 32.2. The minimum Gasteiger partial charge on any atom is -0.460 e. The molecule has 0 unspecified atom stereocenters. The lowest BCUT2D eigenvalue weighted by molar-refractivity contribution is -0.175. The Morgan fingerprint density at radius 3 is 1.98 bits per heavy atom. The van der Waals surface area contributed by atoms with Crippen molar-refractivity contribution in [2.45, 2.75) is 89.4 Å². The number of hydrogen-bond donors (Lipinski definition) is 2. The van der Waals surface area contributed by atoms with Crippen LogP contribution in [0.1, 0.15) is 71.9 Å². The van der Waals surface area contributed by atoms with Gasteiger partial charge in [-0.05, 0) is 73.1 Å². The van der Waals surface area contributed by atoms with Gasteiger partial charge in [0.1, 0.15) is 17.1 Å². The summed E-state index contributed by atoms with van der Waals surface area (Å²) in [5, 5.41) is 15.9. The Balaban J connectivity index is 2.19. The largest absolute Gasteiger partial charge is 0.460 e. The maximum atomic E-state index is 13.8. The Morgan fingerprint density at radius 1 is 0.925 bits per heavy atom. The second-order valence-electron chi connectivity index (χ2n) is 12.5. The topological polar surface area (TPSA) is 131 Å². The molecule has 1 aliphatic carbocycles. The summed E-state index contributed by atoms with van der Waals surface area (Å²) in [6.45, 7) is 13.6. The first kappa shape index (κ1) is 31.3. The van der Waals surface area contributed by atoms with Crippen molar-refractivity contribution in [1.82, 2.24) is 4.83 Å². The molecule has 0 bridgehead atoms. The number of sulfonamides is 1. The van der Waals surface area contributed by atoms with Gasteiger partial charge in [-0.15, -0.1) is 0 Å². The van der Waals surface area contributed by atoms with Crippen molar-refractivity contribution in [2.24, 2.45) is 16.9 Å². The molecule has 1 fully saturated rings. The molecular formula is C30H40N2O7S. The monoisotopic (exact) mass is 572 g/mol. The van der Waals surface area contributed by atoms with Gasteiger partial charge in [-0.1, -0.05) is 48.0 Å². The van der Waals surface area contributed by atoms with Crippen LogP contribution in [0.15, 0.2) is 64.6 Å². The highest BCUT2D eigenvalue weighted by Gasteiger charge is 2.57. The van der Waals surface area contributed by atoms with Gasteiger partial charge in [0.25, 0.3) is 10.0 Å². The van der Waals surface area contributed by atoms with E-state index in [1.165, 1.54) is 19.1 Å². The van der Waals surface area contributed by atoms with E-state index in [2.05, 4.69) is 9.93 Å². The number of hydrogen-bond acceptors (Lipinski definition) is 8. The third kappa shape index (κ3) is 7.69. The number of esters is 2. The van der Waals surface area contributed by atoms with E-state index in [1.807, 2.05) is 6.92 Å². The number of rotatable bonds is 6. The van der Waals surface area contributed by atoms with Crippen molar-refractivity contribution >= 4 is 27.7 Å². The van der Waals surface area contributed by atoms with E-state index in [1.54, 1.807) is 84.0 Å². The number of carbonyl (C=O) groups is 2. The maximum absolute atomic E-state index is 13.8. The molecule has 0 radical (unpaired) electrons. The third-order valence-corrected chi connectivity index (χ3v) is 7.66. The lowest BCUT2D eigenvalue weighted by Gasteiger charge is -2.46. The lowest BCUT2D eigenvalue weighted by Crippen LogP contribution is -2.56. The van der Waals surface area contributed by atoms with Gasteiger partial charge < -0.3 is 14.6 Å². The molecule has 0 aliphatic heterocycles. The molecule has 0 heterocycles. The number of aryl methyl sites for hydroxylation is 1. The number of nitrogens with one attached hydrogen (secondary N) is 1. The maximum Gasteiger partial charge on any atom is 0.315 e. The molecule has 0 aromatic heterocycles. The Morgan fingerprint density at radius 2 is 1.45 bits per heavy atom. The smallest absolute Gasteiger partial charge is 0.315 e. The van der Waals surface area contributed by atoms with Crippen molar-refractivity contribution in [1.29, 1.82) is 0 Å². The number of nitrogens with zero attached hydrogens (tertiary/aromatic N) is 1. The fraction of sp³-hybridized carbons (Fsp3) is 0.500. The van der Waals surface area contributed by atoms with Gasteiger partial charge in [0, 0.05) is 12.3 Å². The SMILES string of the molecule is Cc1ccc(S(=O)(=O)N/N=C2/C[C@](C)(O)[C@H](C(=O)OC(C)(C)C)[C@@H](c3ccccc3)[C@@H]2C(=O)OC(C)(C)C)cc1. The number of carbonyl (C=O) groups excluding carboxylic acids is 2. The number of benzene rings is 2. The highest BCUT2D eigenvalue weighted by Crippen LogP contribution is 2.47. The molecule has 1 aliphatic rings. The van der Waals surface area contributed by atoms with Crippen molar-refractivity contribution in [3.05, 3.63) is 65.7 Å². The van der Waals surface area contributed by atoms with Crippen molar-refractivity contribution in [3.63, 3.8) is 0 Å². The van der Waals surface area contributed by atoms with Crippen LogP contribution < -0.4 is 4.83 Å². The van der Waals surface area contributed by atoms with E-state index >= 15 is 0 Å². The molecule has 218 valence electrons. The van der Waals surface area contributed by atoms with Gasteiger partial charge in [-0.3, -0.25) is 9.59 Å². The second kappa shape index (κ2) is 11.3. The van der Waals surface area contributed by atoms with Crippen LogP contribution in [0.2, 0.25) is 0 Å². The summed E-state index contributed by atoms with van der Waals surface area (Å²) < 4.78 is 37.6. The summed E-state index contributed by atoms with van der Waals surface area (Å²) in [7, 11) is -4.10. The first-order valence-electron chi connectivity index (χ1n) is 13.2. The zero-order chi connectivity index (χ0) is 30.1. The molecule has 4 atom stereocenters. The Bertz CT molecular complexity index is 1350. The standard InChI is InChI=1S/C30H40N2O7S/c1-19-14-16-21(17-15-19)40(36,37)32-31-22-18-30(8,35)25(27(34)39-29(5,6)7)23(20-12-10-9-11-13-20)24(22)26(33)38-28(2,3)4/h9-17,23-25,32,35H,18H2,1-8H3/b31-22-/t23-,24+,25-,30-/m0/s1. The fourth-order valence-corrected chi connectivity index (χ4v) is 5.68. The molecular weight excluding hydrogens is 532 g/mol. The third-order valence-electron chi connectivity index (χ3n) is 6.43. The number of aliphatic hydroxyl groups is 1. The van der Waals surface area contributed by atoms with Crippen LogP contribution in [0.25, 0.3) is 0 Å². The van der Waals surface area contributed by atoms with Crippen LogP contribution in [-0.2, 0) is 29.1 Å². The van der Waals surface area contributed by atoms with Gasteiger partial charge in [-0.2, -0.15) is 13.5 Å². The molecule has 1 saturated carbocycles. The van der Waals surface area contributed by atoms with Gasteiger partial charge in [0.15, 0.2) is 0 Å². The Hall–Kier alpha value is -3.24. The zero-order valence-corrected chi connectivity index (χ0v) is 25.2. The molecule has 40 heavy (non-hydrogen) atoms. The molecule has 3 rings (SSSR count). The van der Waals surface area contributed by atoms with E-state index in [0.29, 0.717) is 5.56 Å². The summed E-state index contributed by atoms with van der Waals surface area (Å²) in [6.07, 6.45) is -0.277. The molecule has 10 heteroatoms. The normalized spacial score (nSPS) is 24.8. The first-order valence-corrected chi connectivity index (χ1v) is 14.7. The number of hydrazone groups is 1. The Labute approximate surface area is 237 Å². The molecule has 2 aromatic rings. The van der Waals surface area contributed by atoms with Crippen LogP contribution in [0, 0.1) is 18.8 Å². The Kier molecular flexibility index (Phi) is 8.86. The molecule has 9 nitrogen and oxygen atoms in total.